The van der Waals surface area contributed by atoms with Crippen LogP contribution in [-0.2, 0) is 0 Å². The lowest BCUT2D eigenvalue weighted by Crippen LogP contribution is -2.34. The van der Waals surface area contributed by atoms with E-state index in [1.807, 2.05) is 37.1 Å². The van der Waals surface area contributed by atoms with E-state index < -0.39 is 0 Å². The molecule has 2 rings (SSSR count). The normalized spacial score (nSPS) is 16.8. The van der Waals surface area contributed by atoms with E-state index in [9.17, 15) is 4.79 Å². The highest BCUT2D eigenvalue weighted by Gasteiger charge is 2.21. The number of nitrogens with zero attached hydrogens (tertiary/aromatic N) is 2. The van der Waals surface area contributed by atoms with Crippen LogP contribution in [0.4, 0.5) is 0 Å². The van der Waals surface area contributed by atoms with Gasteiger partial charge in [0.15, 0.2) is 0 Å². The number of amides is 1. The van der Waals surface area contributed by atoms with Crippen molar-refractivity contribution in [3.63, 3.8) is 0 Å². The summed E-state index contributed by atoms with van der Waals surface area (Å²) in [5, 5.41) is 3.36. The van der Waals surface area contributed by atoms with Crippen molar-refractivity contribution in [1.82, 2.24) is 14.8 Å². The Hall–Kier alpha value is -1.29. The van der Waals surface area contributed by atoms with Crippen LogP contribution in [0.3, 0.4) is 0 Å². The summed E-state index contributed by atoms with van der Waals surface area (Å²) < 4.78 is 2.17. The number of piperidine rings is 1. The van der Waals surface area contributed by atoms with Crippen LogP contribution < -0.4 is 5.32 Å². The smallest absolute Gasteiger partial charge is 0.270 e. The lowest BCUT2D eigenvalue weighted by atomic mass is 10.1. The largest absolute Gasteiger partial charge is 0.340 e. The number of nitrogens with one attached hydrogen (secondary N) is 1. The van der Waals surface area contributed by atoms with Gasteiger partial charge < -0.3 is 14.8 Å². The first-order valence-corrected chi connectivity index (χ1v) is 6.94. The number of aromatic nitrogens is 1. The summed E-state index contributed by atoms with van der Waals surface area (Å²) in [5.41, 5.74) is 0.839. The van der Waals surface area contributed by atoms with Crippen LogP contribution in [0, 0.1) is 0 Å². The van der Waals surface area contributed by atoms with Crippen molar-refractivity contribution in [3.05, 3.63) is 24.0 Å². The highest BCUT2D eigenvalue weighted by molar-refractivity contribution is 5.92. The Bertz CT molecular complexity index is 389. The molecule has 0 spiro atoms. The maximum atomic E-state index is 12.4. The Labute approximate surface area is 109 Å². The molecule has 0 aliphatic carbocycles. The summed E-state index contributed by atoms with van der Waals surface area (Å²) in [4.78, 5) is 14.3. The van der Waals surface area contributed by atoms with E-state index in [2.05, 4.69) is 9.88 Å². The van der Waals surface area contributed by atoms with Gasteiger partial charge in [-0.1, -0.05) is 0 Å². The Morgan fingerprint density at radius 1 is 1.39 bits per heavy atom. The minimum absolute atomic E-state index is 0.156. The van der Waals surface area contributed by atoms with Gasteiger partial charge in [-0.05, 0) is 51.9 Å². The average molecular weight is 249 g/mol. The molecule has 1 aliphatic rings. The first kappa shape index (κ1) is 13.1. The van der Waals surface area contributed by atoms with Crippen LogP contribution in [0.25, 0.3) is 0 Å². The van der Waals surface area contributed by atoms with Gasteiger partial charge in [-0.2, -0.15) is 0 Å². The zero-order valence-corrected chi connectivity index (χ0v) is 11.4. The fraction of sp³-hybridized carbons (Fsp3) is 0.643. The number of carbonyl (C=O) groups excluding carboxylic acids is 1. The van der Waals surface area contributed by atoms with Crippen molar-refractivity contribution in [3.8, 4) is 0 Å². The van der Waals surface area contributed by atoms with Crippen LogP contribution in [-0.4, -0.2) is 41.6 Å². The third kappa shape index (κ3) is 2.58. The number of hydrogen-bond acceptors (Lipinski definition) is 2. The molecule has 0 atom stereocenters. The summed E-state index contributed by atoms with van der Waals surface area (Å²) in [6.45, 7) is 7.68. The van der Waals surface area contributed by atoms with Crippen molar-refractivity contribution < 1.29 is 4.79 Å². The van der Waals surface area contributed by atoms with Gasteiger partial charge in [0.25, 0.3) is 5.91 Å². The van der Waals surface area contributed by atoms with Crippen molar-refractivity contribution >= 4 is 5.91 Å². The second kappa shape index (κ2) is 6.05. The first-order valence-electron chi connectivity index (χ1n) is 6.94. The van der Waals surface area contributed by atoms with Gasteiger partial charge in [0.05, 0.1) is 0 Å². The van der Waals surface area contributed by atoms with E-state index in [-0.39, 0.29) is 5.91 Å². The molecule has 1 N–H and O–H groups in total. The van der Waals surface area contributed by atoms with Crippen molar-refractivity contribution in [2.24, 2.45) is 0 Å². The second-order valence-electron chi connectivity index (χ2n) is 4.76. The average Bonchev–Trinajstić information content (AvgIpc) is 2.90. The van der Waals surface area contributed by atoms with Gasteiger partial charge in [-0.15, -0.1) is 0 Å². The van der Waals surface area contributed by atoms with Crippen molar-refractivity contribution in [1.29, 1.82) is 0 Å². The van der Waals surface area contributed by atoms with Crippen LogP contribution in [0.1, 0.15) is 43.2 Å². The van der Waals surface area contributed by atoms with Gasteiger partial charge in [0, 0.05) is 25.3 Å². The topological polar surface area (TPSA) is 37.3 Å². The van der Waals surface area contributed by atoms with Crippen molar-refractivity contribution in [2.75, 3.05) is 26.2 Å². The molecule has 1 aromatic heterocycles. The molecule has 100 valence electrons. The zero-order valence-electron chi connectivity index (χ0n) is 11.4. The molecule has 0 radical (unpaired) electrons. The van der Waals surface area contributed by atoms with Crippen LogP contribution in [0.2, 0.25) is 0 Å². The lowest BCUT2D eigenvalue weighted by Gasteiger charge is -2.27. The summed E-state index contributed by atoms with van der Waals surface area (Å²) in [6.07, 6.45) is 4.26. The molecular formula is C14H23N3O. The predicted octanol–water partition coefficient (Wildman–Crippen LogP) is 1.89. The first-order chi connectivity index (χ1) is 8.77. The van der Waals surface area contributed by atoms with Gasteiger partial charge in [-0.3, -0.25) is 4.79 Å². The van der Waals surface area contributed by atoms with Crippen LogP contribution >= 0.6 is 0 Å². The summed E-state index contributed by atoms with van der Waals surface area (Å²) in [5.74, 6) is 0.156. The van der Waals surface area contributed by atoms with Crippen molar-refractivity contribution in [2.45, 2.75) is 32.7 Å². The van der Waals surface area contributed by atoms with Gasteiger partial charge >= 0.3 is 0 Å². The van der Waals surface area contributed by atoms with E-state index in [4.69, 9.17) is 0 Å². The third-order valence-electron chi connectivity index (χ3n) is 3.75. The second-order valence-corrected chi connectivity index (χ2v) is 4.76. The van der Waals surface area contributed by atoms with E-state index >= 15 is 0 Å². The quantitative estimate of drug-likeness (QED) is 0.885. The molecule has 0 saturated carbocycles. The van der Waals surface area contributed by atoms with Crippen LogP contribution in [0.5, 0.6) is 0 Å². The molecule has 0 unspecified atom stereocenters. The minimum atomic E-state index is 0.156. The standard InChI is InChI=1S/C14H23N3O/c1-3-16(4-2)14(18)13-6-5-11-17(13)12-7-9-15-10-8-12/h5-6,11-12,15H,3-4,7-10H2,1-2H3. The molecule has 1 aromatic rings. The maximum Gasteiger partial charge on any atom is 0.270 e. The Balaban J connectivity index is 2.18. The predicted molar refractivity (Wildman–Crippen MR) is 72.8 cm³/mol. The summed E-state index contributed by atoms with van der Waals surface area (Å²) in [7, 11) is 0. The van der Waals surface area contributed by atoms with Gasteiger partial charge in [0.2, 0.25) is 0 Å². The lowest BCUT2D eigenvalue weighted by molar-refractivity contribution is 0.0758. The maximum absolute atomic E-state index is 12.4. The van der Waals surface area contributed by atoms with E-state index in [1.54, 1.807) is 0 Å². The molecule has 1 aliphatic heterocycles. The SMILES string of the molecule is CCN(CC)C(=O)c1cccn1C1CCNCC1. The molecule has 2 heterocycles. The molecule has 18 heavy (non-hydrogen) atoms. The van der Waals surface area contributed by atoms with Crippen LogP contribution in [0.15, 0.2) is 18.3 Å². The minimum Gasteiger partial charge on any atom is -0.340 e. The van der Waals surface area contributed by atoms with Gasteiger partial charge in [-0.25, -0.2) is 0 Å². The number of hydrogen-bond donors (Lipinski definition) is 1. The zero-order chi connectivity index (χ0) is 13.0. The number of rotatable bonds is 4. The van der Waals surface area contributed by atoms with E-state index in [0.717, 1.165) is 44.7 Å². The molecular weight excluding hydrogens is 226 g/mol. The monoisotopic (exact) mass is 249 g/mol. The molecule has 1 amide bonds. The Morgan fingerprint density at radius 2 is 2.06 bits per heavy atom. The number of carbonyl (C=O) groups is 1. The highest BCUT2D eigenvalue weighted by atomic mass is 16.2. The van der Waals surface area contributed by atoms with Gasteiger partial charge in [0.1, 0.15) is 5.69 Å². The molecule has 4 nitrogen and oxygen atoms in total. The van der Waals surface area contributed by atoms with E-state index in [1.165, 1.54) is 0 Å². The highest BCUT2D eigenvalue weighted by Crippen LogP contribution is 2.22. The molecule has 0 aromatic carbocycles. The fourth-order valence-corrected chi connectivity index (χ4v) is 2.65. The molecule has 1 fully saturated rings. The fourth-order valence-electron chi connectivity index (χ4n) is 2.65. The Kier molecular flexibility index (Phi) is 4.42. The molecule has 1 saturated heterocycles. The third-order valence-corrected chi connectivity index (χ3v) is 3.75. The molecule has 0 bridgehead atoms. The molecule has 4 heteroatoms. The summed E-state index contributed by atoms with van der Waals surface area (Å²) >= 11 is 0. The Morgan fingerprint density at radius 3 is 2.67 bits per heavy atom. The van der Waals surface area contributed by atoms with E-state index in [0.29, 0.717) is 6.04 Å². The summed E-state index contributed by atoms with van der Waals surface area (Å²) in [6, 6.07) is 4.40.